The Hall–Kier alpha value is -3.00. The maximum atomic E-state index is 12.9. The summed E-state index contributed by atoms with van der Waals surface area (Å²) in [6, 6.07) is 3.40. The lowest BCUT2D eigenvalue weighted by Gasteiger charge is -2.28. The van der Waals surface area contributed by atoms with Gasteiger partial charge < -0.3 is 19.7 Å². The Morgan fingerprint density at radius 1 is 1.18 bits per heavy atom. The van der Waals surface area contributed by atoms with Gasteiger partial charge in [0.15, 0.2) is 5.78 Å². The smallest absolute Gasteiger partial charge is 0.336 e. The van der Waals surface area contributed by atoms with Crippen LogP contribution in [0.5, 0.6) is 0 Å². The van der Waals surface area contributed by atoms with Gasteiger partial charge in [0.25, 0.3) is 0 Å². The minimum Gasteiger partial charge on any atom is -0.478 e. The van der Waals surface area contributed by atoms with Gasteiger partial charge in [-0.05, 0) is 32.4 Å². The van der Waals surface area contributed by atoms with Gasteiger partial charge in [0, 0.05) is 18.1 Å². The number of hydrogen-bond donors (Lipinski definition) is 2. The van der Waals surface area contributed by atoms with Gasteiger partial charge >= 0.3 is 17.9 Å². The Kier molecular flexibility index (Phi) is 8.06. The molecule has 0 aliphatic heterocycles. The number of carbonyl (C=O) groups is 4. The van der Waals surface area contributed by atoms with Crippen LogP contribution in [0.4, 0.5) is 0 Å². The topological polar surface area (TPSA) is 127 Å². The van der Waals surface area contributed by atoms with E-state index in [1.54, 1.807) is 20.8 Å². The molecule has 0 spiro atoms. The van der Waals surface area contributed by atoms with Crippen molar-refractivity contribution in [1.29, 1.82) is 0 Å². The number of carbonyl (C=O) groups excluding carboxylic acids is 2. The number of esters is 1. The van der Waals surface area contributed by atoms with Crippen LogP contribution in [0.15, 0.2) is 30.9 Å². The Bertz CT molecular complexity index is 782. The molecule has 0 radical (unpaired) electrons. The molecule has 2 N–H and O–H groups in total. The first-order valence-corrected chi connectivity index (χ1v) is 8.68. The molecule has 0 aliphatic carbocycles. The zero-order valence-electron chi connectivity index (χ0n) is 16.1. The number of benzene rings is 1. The van der Waals surface area contributed by atoms with Crippen molar-refractivity contribution in [1.82, 2.24) is 0 Å². The molecule has 2 unspecified atom stereocenters. The summed E-state index contributed by atoms with van der Waals surface area (Å²) in [6.45, 7) is 8.43. The maximum Gasteiger partial charge on any atom is 0.336 e. The van der Waals surface area contributed by atoms with Gasteiger partial charge in [-0.2, -0.15) is 0 Å². The predicted molar refractivity (Wildman–Crippen MR) is 99.7 cm³/mol. The molecule has 0 fully saturated rings. The van der Waals surface area contributed by atoms with E-state index in [9.17, 15) is 24.3 Å². The van der Waals surface area contributed by atoms with Gasteiger partial charge in [-0.15, -0.1) is 0 Å². The average Bonchev–Trinajstić information content (AvgIpc) is 2.66. The summed E-state index contributed by atoms with van der Waals surface area (Å²) in [4.78, 5) is 46.5. The average molecular weight is 392 g/mol. The zero-order chi connectivity index (χ0) is 21.5. The van der Waals surface area contributed by atoms with Crippen LogP contribution in [-0.2, 0) is 14.3 Å². The Morgan fingerprint density at radius 3 is 2.29 bits per heavy atom. The monoisotopic (exact) mass is 392 g/mol. The van der Waals surface area contributed by atoms with Gasteiger partial charge in [0.05, 0.1) is 17.7 Å². The second kappa shape index (κ2) is 9.80. The molecule has 0 bridgehead atoms. The van der Waals surface area contributed by atoms with E-state index in [2.05, 4.69) is 6.58 Å². The van der Waals surface area contributed by atoms with Crippen LogP contribution in [0, 0.1) is 0 Å². The van der Waals surface area contributed by atoms with Crippen molar-refractivity contribution < 1.29 is 38.9 Å². The first-order chi connectivity index (χ1) is 13.1. The molecule has 152 valence electrons. The first kappa shape index (κ1) is 23.0. The van der Waals surface area contributed by atoms with E-state index in [1.165, 1.54) is 6.07 Å². The van der Waals surface area contributed by atoms with Crippen molar-refractivity contribution in [2.75, 3.05) is 6.61 Å². The van der Waals surface area contributed by atoms with Crippen molar-refractivity contribution in [3.05, 3.63) is 47.5 Å². The molecule has 0 saturated carbocycles. The maximum absolute atomic E-state index is 12.9. The SMILES string of the molecule is C=CC(=O)OC(C)CCOC(C)(CC)C(=O)c1ccc(C(=O)O)c(C(=O)O)c1. The molecule has 0 aliphatic rings. The largest absolute Gasteiger partial charge is 0.478 e. The van der Waals surface area contributed by atoms with Crippen LogP contribution < -0.4 is 0 Å². The van der Waals surface area contributed by atoms with Gasteiger partial charge in [-0.25, -0.2) is 14.4 Å². The molecule has 0 heterocycles. The Balaban J connectivity index is 2.95. The van der Waals surface area contributed by atoms with E-state index in [0.29, 0.717) is 12.8 Å². The summed E-state index contributed by atoms with van der Waals surface area (Å²) in [7, 11) is 0. The summed E-state index contributed by atoms with van der Waals surface area (Å²) in [5.74, 6) is -3.86. The number of carboxylic acids is 2. The Labute approximate surface area is 162 Å². The van der Waals surface area contributed by atoms with Crippen LogP contribution in [-0.4, -0.2) is 52.2 Å². The van der Waals surface area contributed by atoms with Gasteiger partial charge in [0.2, 0.25) is 0 Å². The fourth-order valence-corrected chi connectivity index (χ4v) is 2.44. The number of ether oxygens (including phenoxy) is 2. The minimum absolute atomic E-state index is 0.0397. The highest BCUT2D eigenvalue weighted by atomic mass is 16.5. The number of Topliss-reactive ketones (excluding diaryl/α,β-unsaturated/α-hetero) is 1. The number of aromatic carboxylic acids is 2. The van der Waals surface area contributed by atoms with Crippen LogP contribution >= 0.6 is 0 Å². The van der Waals surface area contributed by atoms with Crippen molar-refractivity contribution in [2.45, 2.75) is 45.3 Å². The fraction of sp³-hybridized carbons (Fsp3) is 0.400. The summed E-state index contributed by atoms with van der Waals surface area (Å²) in [6.07, 6.45) is 1.27. The normalized spacial score (nSPS) is 13.8. The summed E-state index contributed by atoms with van der Waals surface area (Å²) < 4.78 is 10.8. The highest BCUT2D eigenvalue weighted by Crippen LogP contribution is 2.24. The number of rotatable bonds is 11. The highest BCUT2D eigenvalue weighted by molar-refractivity contribution is 6.07. The van der Waals surface area contributed by atoms with E-state index in [4.69, 9.17) is 14.6 Å². The molecule has 1 aromatic rings. The van der Waals surface area contributed by atoms with Gasteiger partial charge in [0.1, 0.15) is 11.7 Å². The van der Waals surface area contributed by atoms with Crippen LogP contribution in [0.1, 0.15) is 64.7 Å². The third-order valence-electron chi connectivity index (χ3n) is 4.33. The van der Waals surface area contributed by atoms with E-state index >= 15 is 0 Å². The minimum atomic E-state index is -1.44. The molecule has 8 nitrogen and oxygen atoms in total. The van der Waals surface area contributed by atoms with E-state index in [1.807, 2.05) is 0 Å². The van der Waals surface area contributed by atoms with Gasteiger partial charge in [-0.1, -0.05) is 19.6 Å². The summed E-state index contributed by atoms with van der Waals surface area (Å²) >= 11 is 0. The molecule has 8 heteroatoms. The lowest BCUT2D eigenvalue weighted by molar-refractivity contribution is -0.143. The predicted octanol–water partition coefficient (Wildman–Crippen LogP) is 2.96. The molecule has 0 amide bonds. The molecule has 1 aromatic carbocycles. The molecule has 1 rings (SSSR count). The van der Waals surface area contributed by atoms with E-state index in [-0.39, 0.29) is 12.2 Å². The van der Waals surface area contributed by atoms with Crippen molar-refractivity contribution in [3.8, 4) is 0 Å². The molecule has 0 aromatic heterocycles. The molecular weight excluding hydrogens is 368 g/mol. The third kappa shape index (κ3) is 5.75. The number of carboxylic acid groups (broad SMARTS) is 2. The van der Waals surface area contributed by atoms with Crippen LogP contribution in [0.3, 0.4) is 0 Å². The molecule has 28 heavy (non-hydrogen) atoms. The van der Waals surface area contributed by atoms with E-state index < -0.39 is 46.5 Å². The van der Waals surface area contributed by atoms with E-state index in [0.717, 1.165) is 18.2 Å². The van der Waals surface area contributed by atoms with Crippen molar-refractivity contribution in [2.24, 2.45) is 0 Å². The molecular formula is C20H24O8. The number of hydrogen-bond acceptors (Lipinski definition) is 6. The van der Waals surface area contributed by atoms with Gasteiger partial charge in [-0.3, -0.25) is 4.79 Å². The standard InChI is InChI=1S/C20H24O8/c1-5-16(21)28-12(3)9-10-27-20(4,6-2)17(22)13-7-8-14(18(23)24)15(11-13)19(25)26/h5,7-8,11-12H,1,6,9-10H2,2-4H3,(H,23,24)(H,25,26). The first-order valence-electron chi connectivity index (χ1n) is 8.68. The molecule has 2 atom stereocenters. The van der Waals surface area contributed by atoms with Crippen LogP contribution in [0.25, 0.3) is 0 Å². The number of ketones is 1. The van der Waals surface area contributed by atoms with Crippen molar-refractivity contribution >= 4 is 23.7 Å². The van der Waals surface area contributed by atoms with Crippen molar-refractivity contribution in [3.63, 3.8) is 0 Å². The fourth-order valence-electron chi connectivity index (χ4n) is 2.44. The zero-order valence-corrected chi connectivity index (χ0v) is 16.1. The highest BCUT2D eigenvalue weighted by Gasteiger charge is 2.34. The third-order valence-corrected chi connectivity index (χ3v) is 4.33. The lowest BCUT2D eigenvalue weighted by Crippen LogP contribution is -2.39. The second-order valence-electron chi connectivity index (χ2n) is 6.37. The summed E-state index contributed by atoms with van der Waals surface area (Å²) in [5.41, 5.74) is -2.08. The quantitative estimate of drug-likeness (QED) is 0.334. The second-order valence-corrected chi connectivity index (χ2v) is 6.37. The molecule has 0 saturated heterocycles. The Morgan fingerprint density at radius 2 is 1.79 bits per heavy atom. The lowest BCUT2D eigenvalue weighted by atomic mass is 9.90. The summed E-state index contributed by atoms with van der Waals surface area (Å²) in [5, 5.41) is 18.3. The van der Waals surface area contributed by atoms with Crippen LogP contribution in [0.2, 0.25) is 0 Å².